The Bertz CT molecular complexity index is 450. The van der Waals surface area contributed by atoms with Crippen molar-refractivity contribution in [2.75, 3.05) is 13.2 Å². The third-order valence-corrected chi connectivity index (χ3v) is 4.76. The molecule has 5 nitrogen and oxygen atoms in total. The summed E-state index contributed by atoms with van der Waals surface area (Å²) >= 11 is 1.60. The van der Waals surface area contributed by atoms with E-state index in [1.165, 1.54) is 19.3 Å². The number of nitrogens with one attached hydrogen (secondary N) is 2. The van der Waals surface area contributed by atoms with Crippen LogP contribution in [0.25, 0.3) is 0 Å². The number of aryl methyl sites for hydroxylation is 1. The van der Waals surface area contributed by atoms with Gasteiger partial charge in [0.25, 0.3) is 0 Å². The third kappa shape index (κ3) is 5.63. The fourth-order valence-corrected chi connectivity index (χ4v) is 3.36. The number of aromatic nitrogens is 1. The summed E-state index contributed by atoms with van der Waals surface area (Å²) in [5.74, 6) is 0.641. The van der Waals surface area contributed by atoms with Gasteiger partial charge in [0.05, 0.1) is 24.3 Å². The molecule has 1 aliphatic carbocycles. The Morgan fingerprint density at radius 1 is 1.43 bits per heavy atom. The Morgan fingerprint density at radius 3 is 2.95 bits per heavy atom. The number of carbonyl (C=O) groups excluding carboxylic acids is 1. The van der Waals surface area contributed by atoms with Crippen LogP contribution in [0.2, 0.25) is 0 Å². The van der Waals surface area contributed by atoms with Gasteiger partial charge in [0.15, 0.2) is 0 Å². The summed E-state index contributed by atoms with van der Waals surface area (Å²) in [6.45, 7) is 5.87. The van der Waals surface area contributed by atoms with Crippen LogP contribution < -0.4 is 10.6 Å². The Morgan fingerprint density at radius 2 is 2.24 bits per heavy atom. The molecule has 6 heteroatoms. The van der Waals surface area contributed by atoms with Gasteiger partial charge in [-0.1, -0.05) is 19.8 Å². The standard InChI is InChI=1S/C15H25N3O2S/c1-11-5-3-4-6-14(11)20-8-7-16-15(19)18-10-13-9-17-12(2)21-13/h9,11,14H,3-8,10H2,1-2H3,(H2,16,18,19)/t11-,14-/m1/s1. The molecule has 21 heavy (non-hydrogen) atoms. The maximum Gasteiger partial charge on any atom is 0.315 e. The molecule has 2 rings (SSSR count). The van der Waals surface area contributed by atoms with Gasteiger partial charge in [-0.25, -0.2) is 9.78 Å². The summed E-state index contributed by atoms with van der Waals surface area (Å²) in [5, 5.41) is 6.66. The van der Waals surface area contributed by atoms with E-state index in [4.69, 9.17) is 4.74 Å². The molecule has 2 N–H and O–H groups in total. The molecular weight excluding hydrogens is 286 g/mol. The number of rotatable bonds is 6. The van der Waals surface area contributed by atoms with Crippen molar-refractivity contribution < 1.29 is 9.53 Å². The maximum absolute atomic E-state index is 11.6. The normalized spacial score (nSPS) is 22.0. The van der Waals surface area contributed by atoms with Gasteiger partial charge in [-0.05, 0) is 25.7 Å². The van der Waals surface area contributed by atoms with Crippen molar-refractivity contribution in [3.8, 4) is 0 Å². The molecule has 1 saturated carbocycles. The lowest BCUT2D eigenvalue weighted by Crippen LogP contribution is -2.37. The molecule has 1 fully saturated rings. The predicted octanol–water partition coefficient (Wildman–Crippen LogP) is 2.85. The lowest BCUT2D eigenvalue weighted by Gasteiger charge is -2.28. The topological polar surface area (TPSA) is 63.2 Å². The minimum atomic E-state index is -0.152. The van der Waals surface area contributed by atoms with Gasteiger partial charge in [0, 0.05) is 17.6 Å². The summed E-state index contributed by atoms with van der Waals surface area (Å²) in [4.78, 5) is 16.9. The summed E-state index contributed by atoms with van der Waals surface area (Å²) in [5.41, 5.74) is 0. The molecule has 118 valence electrons. The molecule has 2 amide bonds. The molecule has 1 aromatic heterocycles. The van der Waals surface area contributed by atoms with Crippen molar-refractivity contribution in [2.45, 2.75) is 52.2 Å². The lowest BCUT2D eigenvalue weighted by molar-refractivity contribution is -0.00243. The molecule has 0 unspecified atom stereocenters. The zero-order valence-corrected chi connectivity index (χ0v) is 13.7. The van der Waals surface area contributed by atoms with Crippen LogP contribution in [0.3, 0.4) is 0 Å². The van der Waals surface area contributed by atoms with E-state index < -0.39 is 0 Å². The van der Waals surface area contributed by atoms with Gasteiger partial charge >= 0.3 is 6.03 Å². The second kappa shape index (κ2) is 8.34. The summed E-state index contributed by atoms with van der Waals surface area (Å²) in [6.07, 6.45) is 7.15. The molecule has 2 atom stereocenters. The van der Waals surface area contributed by atoms with E-state index in [1.807, 2.05) is 6.92 Å². The average Bonchev–Trinajstić information content (AvgIpc) is 2.89. The molecule has 0 saturated heterocycles. The Balaban J connectivity index is 1.54. The average molecular weight is 311 g/mol. The van der Waals surface area contributed by atoms with Gasteiger partial charge in [-0.15, -0.1) is 11.3 Å². The van der Waals surface area contributed by atoms with Crippen LogP contribution in [-0.4, -0.2) is 30.3 Å². The first-order chi connectivity index (χ1) is 10.1. The minimum absolute atomic E-state index is 0.152. The lowest BCUT2D eigenvalue weighted by atomic mass is 9.88. The Hall–Kier alpha value is -1.14. The fraction of sp³-hybridized carbons (Fsp3) is 0.733. The highest BCUT2D eigenvalue weighted by atomic mass is 32.1. The van der Waals surface area contributed by atoms with Gasteiger partial charge < -0.3 is 15.4 Å². The predicted molar refractivity (Wildman–Crippen MR) is 84.5 cm³/mol. The van der Waals surface area contributed by atoms with Crippen LogP contribution in [0.1, 0.15) is 42.5 Å². The van der Waals surface area contributed by atoms with Crippen molar-refractivity contribution in [3.63, 3.8) is 0 Å². The van der Waals surface area contributed by atoms with Crippen molar-refractivity contribution in [2.24, 2.45) is 5.92 Å². The molecule has 0 aliphatic heterocycles. The van der Waals surface area contributed by atoms with Crippen LogP contribution in [0.5, 0.6) is 0 Å². The Labute approximate surface area is 130 Å². The van der Waals surface area contributed by atoms with Crippen molar-refractivity contribution in [3.05, 3.63) is 16.1 Å². The van der Waals surface area contributed by atoms with Crippen molar-refractivity contribution in [1.82, 2.24) is 15.6 Å². The van der Waals surface area contributed by atoms with Gasteiger partial charge in [0.1, 0.15) is 0 Å². The van der Waals surface area contributed by atoms with Crippen LogP contribution >= 0.6 is 11.3 Å². The van der Waals surface area contributed by atoms with Crippen molar-refractivity contribution in [1.29, 1.82) is 0 Å². The number of nitrogens with zero attached hydrogens (tertiary/aromatic N) is 1. The van der Waals surface area contributed by atoms with Crippen LogP contribution in [-0.2, 0) is 11.3 Å². The van der Waals surface area contributed by atoms with E-state index in [-0.39, 0.29) is 6.03 Å². The number of thiazole rings is 1. The van der Waals surface area contributed by atoms with Crippen molar-refractivity contribution >= 4 is 17.4 Å². The van der Waals surface area contributed by atoms with Gasteiger partial charge in [-0.2, -0.15) is 0 Å². The molecular formula is C15H25N3O2S. The minimum Gasteiger partial charge on any atom is -0.376 e. The van der Waals surface area contributed by atoms with Crippen LogP contribution in [0, 0.1) is 12.8 Å². The van der Waals surface area contributed by atoms with E-state index in [0.717, 1.165) is 16.3 Å². The highest BCUT2D eigenvalue weighted by Crippen LogP contribution is 2.25. The largest absolute Gasteiger partial charge is 0.376 e. The van der Waals surface area contributed by atoms with Crippen LogP contribution in [0.4, 0.5) is 4.79 Å². The van der Waals surface area contributed by atoms with E-state index in [0.29, 0.717) is 31.7 Å². The van der Waals surface area contributed by atoms with Crippen LogP contribution in [0.15, 0.2) is 6.20 Å². The SMILES string of the molecule is Cc1ncc(CNC(=O)NCCO[C@@H]2CCCC[C@H]2C)s1. The quantitative estimate of drug-likeness (QED) is 0.794. The van der Waals surface area contributed by atoms with Gasteiger partial charge in [0.2, 0.25) is 0 Å². The molecule has 0 bridgehead atoms. The number of carbonyl (C=O) groups is 1. The van der Waals surface area contributed by atoms with E-state index in [9.17, 15) is 4.79 Å². The van der Waals surface area contributed by atoms with E-state index in [1.54, 1.807) is 17.5 Å². The third-order valence-electron chi connectivity index (χ3n) is 3.84. The monoisotopic (exact) mass is 311 g/mol. The summed E-state index contributed by atoms with van der Waals surface area (Å²) in [7, 11) is 0. The second-order valence-electron chi connectivity index (χ2n) is 5.63. The van der Waals surface area contributed by atoms with Gasteiger partial charge in [-0.3, -0.25) is 0 Å². The van der Waals surface area contributed by atoms with E-state index >= 15 is 0 Å². The maximum atomic E-state index is 11.6. The number of urea groups is 1. The number of hydrogen-bond donors (Lipinski definition) is 2. The molecule has 0 radical (unpaired) electrons. The smallest absolute Gasteiger partial charge is 0.315 e. The molecule has 1 heterocycles. The molecule has 1 aliphatic rings. The number of ether oxygens (including phenoxy) is 1. The zero-order chi connectivity index (χ0) is 15.1. The molecule has 1 aromatic rings. The number of hydrogen-bond acceptors (Lipinski definition) is 4. The fourth-order valence-electron chi connectivity index (χ4n) is 2.62. The Kier molecular flexibility index (Phi) is 6.45. The first-order valence-electron chi connectivity index (χ1n) is 7.70. The summed E-state index contributed by atoms with van der Waals surface area (Å²) < 4.78 is 5.86. The second-order valence-corrected chi connectivity index (χ2v) is 6.95. The first kappa shape index (κ1) is 16.2. The molecule has 0 spiro atoms. The highest BCUT2D eigenvalue weighted by molar-refractivity contribution is 7.11. The van der Waals surface area contributed by atoms with E-state index in [2.05, 4.69) is 22.5 Å². The zero-order valence-electron chi connectivity index (χ0n) is 12.9. The molecule has 0 aromatic carbocycles. The number of amides is 2. The first-order valence-corrected chi connectivity index (χ1v) is 8.51. The highest BCUT2D eigenvalue weighted by Gasteiger charge is 2.21. The summed E-state index contributed by atoms with van der Waals surface area (Å²) in [6, 6.07) is -0.152.